The molecule has 1 atom stereocenters. The van der Waals surface area contributed by atoms with Gasteiger partial charge in [0, 0.05) is 34.2 Å². The highest BCUT2D eigenvalue weighted by Crippen LogP contribution is 2.35. The third-order valence-corrected chi connectivity index (χ3v) is 8.54. The van der Waals surface area contributed by atoms with Crippen LogP contribution in [0.5, 0.6) is 5.75 Å². The van der Waals surface area contributed by atoms with E-state index in [1.165, 1.54) is 50.2 Å². The van der Waals surface area contributed by atoms with Crippen LogP contribution >= 0.6 is 34.8 Å². The molecule has 8 nitrogen and oxygen atoms in total. The zero-order chi connectivity index (χ0) is 28.0. The Kier molecular flexibility index (Phi) is 9.89. The number of nitrogens with zero attached hydrogens (tertiary/aromatic N) is 2. The molecular formula is C26H26Cl3N3O5S. The first kappa shape index (κ1) is 29.6. The molecule has 0 spiro atoms. The second-order valence-corrected chi connectivity index (χ2v) is 11.3. The first-order valence-corrected chi connectivity index (χ1v) is 13.9. The number of ether oxygens (including phenoxy) is 1. The number of amides is 2. The standard InChI is InChI=1S/C26H26Cl3N3O5S/c1-17(26(34)30-2)31(15-20-21(28)10-7-11-22(20)29)25(33)16-32(23-14-18(27)12-13-24(23)37-3)38(35,36)19-8-5-4-6-9-19/h4-14,17H,15-16H2,1-3H3,(H,30,34)/t17-/m0/s1. The molecule has 0 aliphatic heterocycles. The summed E-state index contributed by atoms with van der Waals surface area (Å²) in [5, 5.41) is 3.34. The highest BCUT2D eigenvalue weighted by Gasteiger charge is 2.34. The van der Waals surface area contributed by atoms with Gasteiger partial charge in [-0.1, -0.05) is 59.1 Å². The Labute approximate surface area is 237 Å². The third kappa shape index (κ3) is 6.53. The van der Waals surface area contributed by atoms with Crippen molar-refractivity contribution in [2.75, 3.05) is 25.0 Å². The van der Waals surface area contributed by atoms with Crippen molar-refractivity contribution in [2.45, 2.75) is 24.4 Å². The lowest BCUT2D eigenvalue weighted by Crippen LogP contribution is -2.50. The first-order valence-electron chi connectivity index (χ1n) is 11.4. The Hall–Kier alpha value is -2.98. The molecule has 0 aliphatic rings. The maximum atomic E-state index is 13.9. The summed E-state index contributed by atoms with van der Waals surface area (Å²) in [5.74, 6) is -0.959. The summed E-state index contributed by atoms with van der Waals surface area (Å²) in [6.07, 6.45) is 0. The minimum atomic E-state index is -4.28. The average Bonchev–Trinajstić information content (AvgIpc) is 2.91. The maximum Gasteiger partial charge on any atom is 0.264 e. The van der Waals surface area contributed by atoms with E-state index in [9.17, 15) is 18.0 Å². The van der Waals surface area contributed by atoms with Crippen molar-refractivity contribution in [3.05, 3.63) is 87.4 Å². The molecule has 0 saturated heterocycles. The molecule has 0 bridgehead atoms. The van der Waals surface area contributed by atoms with Gasteiger partial charge in [0.1, 0.15) is 18.3 Å². The van der Waals surface area contributed by atoms with Gasteiger partial charge in [0.05, 0.1) is 17.7 Å². The van der Waals surface area contributed by atoms with Crippen LogP contribution in [0.4, 0.5) is 5.69 Å². The van der Waals surface area contributed by atoms with Crippen LogP contribution in [-0.4, -0.2) is 51.9 Å². The molecule has 3 rings (SSSR count). The fraction of sp³-hybridized carbons (Fsp3) is 0.231. The van der Waals surface area contributed by atoms with E-state index in [0.717, 1.165) is 4.31 Å². The van der Waals surface area contributed by atoms with Gasteiger partial charge < -0.3 is 15.0 Å². The van der Waals surface area contributed by atoms with Gasteiger partial charge in [0.2, 0.25) is 11.8 Å². The van der Waals surface area contributed by atoms with Crippen molar-refractivity contribution >= 4 is 62.3 Å². The van der Waals surface area contributed by atoms with Gasteiger partial charge in [-0.3, -0.25) is 13.9 Å². The quantitative estimate of drug-likeness (QED) is 0.354. The molecule has 3 aromatic carbocycles. The van der Waals surface area contributed by atoms with E-state index in [0.29, 0.717) is 15.6 Å². The molecule has 1 N–H and O–H groups in total. The number of hydrogen-bond acceptors (Lipinski definition) is 5. The summed E-state index contributed by atoms with van der Waals surface area (Å²) in [6.45, 7) is 0.715. The van der Waals surface area contributed by atoms with Crippen molar-refractivity contribution in [3.63, 3.8) is 0 Å². The number of hydrogen-bond donors (Lipinski definition) is 1. The first-order chi connectivity index (χ1) is 18.0. The van der Waals surface area contributed by atoms with Gasteiger partial charge >= 0.3 is 0 Å². The number of anilines is 1. The van der Waals surface area contributed by atoms with E-state index in [-0.39, 0.29) is 27.9 Å². The molecule has 0 aliphatic carbocycles. The Morgan fingerprint density at radius 2 is 1.61 bits per heavy atom. The van der Waals surface area contributed by atoms with Crippen LogP contribution in [0.3, 0.4) is 0 Å². The number of halogens is 3. The molecule has 0 aromatic heterocycles. The fourth-order valence-electron chi connectivity index (χ4n) is 3.74. The number of carbonyl (C=O) groups excluding carboxylic acids is 2. The van der Waals surface area contributed by atoms with Gasteiger partial charge in [-0.2, -0.15) is 0 Å². The van der Waals surface area contributed by atoms with Gasteiger partial charge in [-0.25, -0.2) is 8.42 Å². The number of rotatable bonds is 10. The number of sulfonamides is 1. The second-order valence-electron chi connectivity index (χ2n) is 8.15. The van der Waals surface area contributed by atoms with Crippen molar-refractivity contribution in [1.29, 1.82) is 0 Å². The minimum Gasteiger partial charge on any atom is -0.495 e. The predicted octanol–water partition coefficient (Wildman–Crippen LogP) is 5.01. The summed E-state index contributed by atoms with van der Waals surface area (Å²) < 4.78 is 34.0. The van der Waals surface area contributed by atoms with Crippen LogP contribution in [0, 0.1) is 0 Å². The van der Waals surface area contributed by atoms with E-state index < -0.39 is 34.4 Å². The highest BCUT2D eigenvalue weighted by molar-refractivity contribution is 7.92. The lowest BCUT2D eigenvalue weighted by molar-refractivity contribution is -0.139. The van der Waals surface area contributed by atoms with Crippen LogP contribution in [0.15, 0.2) is 71.6 Å². The van der Waals surface area contributed by atoms with Crippen molar-refractivity contribution < 1.29 is 22.7 Å². The summed E-state index contributed by atoms with van der Waals surface area (Å²) in [7, 11) is -1.46. The topological polar surface area (TPSA) is 96.0 Å². The minimum absolute atomic E-state index is 0.0464. The summed E-state index contributed by atoms with van der Waals surface area (Å²) in [4.78, 5) is 27.6. The zero-order valence-electron chi connectivity index (χ0n) is 20.8. The lowest BCUT2D eigenvalue weighted by atomic mass is 10.1. The Morgan fingerprint density at radius 3 is 2.18 bits per heavy atom. The van der Waals surface area contributed by atoms with E-state index >= 15 is 0 Å². The predicted molar refractivity (Wildman–Crippen MR) is 150 cm³/mol. The van der Waals surface area contributed by atoms with Crippen LogP contribution in [0.1, 0.15) is 12.5 Å². The smallest absolute Gasteiger partial charge is 0.264 e. The van der Waals surface area contributed by atoms with Gasteiger partial charge in [-0.15, -0.1) is 0 Å². The van der Waals surface area contributed by atoms with E-state index in [4.69, 9.17) is 39.5 Å². The molecular weight excluding hydrogens is 573 g/mol. The summed E-state index contributed by atoms with van der Waals surface area (Å²) in [5.41, 5.74) is 0.471. The molecule has 38 heavy (non-hydrogen) atoms. The van der Waals surface area contributed by atoms with Crippen LogP contribution < -0.4 is 14.4 Å². The molecule has 0 fully saturated rings. The average molecular weight is 599 g/mol. The van der Waals surface area contributed by atoms with E-state index in [1.54, 1.807) is 42.5 Å². The van der Waals surface area contributed by atoms with Crippen LogP contribution in [0.2, 0.25) is 15.1 Å². The molecule has 0 radical (unpaired) electrons. The second kappa shape index (κ2) is 12.7. The highest BCUT2D eigenvalue weighted by atomic mass is 35.5. The van der Waals surface area contributed by atoms with Crippen LogP contribution in [0.25, 0.3) is 0 Å². The fourth-order valence-corrected chi connectivity index (χ4v) is 5.86. The number of nitrogens with one attached hydrogen (secondary N) is 1. The molecule has 0 heterocycles. The molecule has 0 unspecified atom stereocenters. The molecule has 0 saturated carbocycles. The third-order valence-electron chi connectivity index (χ3n) is 5.82. The van der Waals surface area contributed by atoms with Gasteiger partial charge in [0.25, 0.3) is 10.0 Å². The van der Waals surface area contributed by atoms with Crippen molar-refractivity contribution in [3.8, 4) is 5.75 Å². The molecule has 12 heteroatoms. The Balaban J connectivity index is 2.13. The summed E-state index contributed by atoms with van der Waals surface area (Å²) >= 11 is 18.9. The Bertz CT molecular complexity index is 1400. The monoisotopic (exact) mass is 597 g/mol. The van der Waals surface area contributed by atoms with Gasteiger partial charge in [0.15, 0.2) is 0 Å². The molecule has 3 aromatic rings. The molecule has 202 valence electrons. The SMILES string of the molecule is CNC(=O)[C@H](C)N(Cc1c(Cl)cccc1Cl)C(=O)CN(c1cc(Cl)ccc1OC)S(=O)(=O)c1ccccc1. The van der Waals surface area contributed by atoms with Crippen LogP contribution in [-0.2, 0) is 26.2 Å². The van der Waals surface area contributed by atoms with Gasteiger partial charge in [-0.05, 0) is 49.4 Å². The van der Waals surface area contributed by atoms with Crippen molar-refractivity contribution in [2.24, 2.45) is 0 Å². The maximum absolute atomic E-state index is 13.9. The number of likely N-dealkylation sites (N-methyl/N-ethyl adjacent to an activating group) is 1. The van der Waals surface area contributed by atoms with E-state index in [2.05, 4.69) is 5.32 Å². The Morgan fingerprint density at radius 1 is 0.974 bits per heavy atom. The number of methoxy groups -OCH3 is 1. The largest absolute Gasteiger partial charge is 0.495 e. The lowest BCUT2D eigenvalue weighted by Gasteiger charge is -2.32. The number of carbonyl (C=O) groups is 2. The number of benzene rings is 3. The zero-order valence-corrected chi connectivity index (χ0v) is 23.9. The van der Waals surface area contributed by atoms with Crippen molar-refractivity contribution in [1.82, 2.24) is 10.2 Å². The van der Waals surface area contributed by atoms with E-state index in [1.807, 2.05) is 0 Å². The molecule has 2 amide bonds. The normalized spacial score (nSPS) is 11.9. The summed E-state index contributed by atoms with van der Waals surface area (Å²) in [6, 6.07) is 16.0.